The SMILES string of the molecule is COC(=O)CCc1ccc(CN2CCCC(c3c(C(C)C)[nH]c4ccccc34)C2)c(F)c1. The number of likely N-dealkylation sites (tertiary alicyclic amines) is 1. The maximum Gasteiger partial charge on any atom is 0.305 e. The Balaban J connectivity index is 1.49. The van der Waals surface area contributed by atoms with Gasteiger partial charge in [-0.05, 0) is 60.9 Å². The first kappa shape index (κ1) is 22.5. The molecule has 170 valence electrons. The number of rotatable bonds is 7. The summed E-state index contributed by atoms with van der Waals surface area (Å²) in [5.74, 6) is 0.416. The number of fused-ring (bicyclic) bond motifs is 1. The smallest absolute Gasteiger partial charge is 0.305 e. The van der Waals surface area contributed by atoms with E-state index in [9.17, 15) is 9.18 Å². The molecule has 0 amide bonds. The van der Waals surface area contributed by atoms with Gasteiger partial charge in [0.05, 0.1) is 7.11 Å². The number of para-hydroxylation sites is 1. The lowest BCUT2D eigenvalue weighted by Gasteiger charge is -2.33. The number of carbonyl (C=O) groups is 1. The zero-order valence-corrected chi connectivity index (χ0v) is 19.3. The first-order valence-corrected chi connectivity index (χ1v) is 11.6. The second kappa shape index (κ2) is 9.86. The monoisotopic (exact) mass is 436 g/mol. The minimum Gasteiger partial charge on any atom is -0.469 e. The predicted molar refractivity (Wildman–Crippen MR) is 126 cm³/mol. The van der Waals surface area contributed by atoms with Crippen molar-refractivity contribution in [2.24, 2.45) is 0 Å². The number of esters is 1. The first-order chi connectivity index (χ1) is 15.5. The molecule has 0 radical (unpaired) electrons. The number of benzene rings is 2. The van der Waals surface area contributed by atoms with Crippen molar-refractivity contribution < 1.29 is 13.9 Å². The average molecular weight is 437 g/mol. The summed E-state index contributed by atoms with van der Waals surface area (Å²) in [6.45, 7) is 7.02. The highest BCUT2D eigenvalue weighted by Crippen LogP contribution is 2.38. The molecular formula is C27H33FN2O2. The number of aromatic amines is 1. The second-order valence-electron chi connectivity index (χ2n) is 9.23. The van der Waals surface area contributed by atoms with Gasteiger partial charge in [0.1, 0.15) is 5.82 Å². The molecule has 0 aliphatic carbocycles. The Kier molecular flexibility index (Phi) is 6.95. The molecule has 4 rings (SSSR count). The summed E-state index contributed by atoms with van der Waals surface area (Å²) in [4.78, 5) is 17.4. The average Bonchev–Trinajstić information content (AvgIpc) is 3.19. The van der Waals surface area contributed by atoms with E-state index in [2.05, 4.69) is 52.7 Å². The van der Waals surface area contributed by atoms with Crippen LogP contribution in [0.1, 0.15) is 67.3 Å². The van der Waals surface area contributed by atoms with Crippen molar-refractivity contribution in [3.05, 3.63) is 70.7 Å². The van der Waals surface area contributed by atoms with Gasteiger partial charge in [0.2, 0.25) is 0 Å². The maximum absolute atomic E-state index is 14.8. The lowest BCUT2D eigenvalue weighted by atomic mass is 9.86. The number of H-pyrrole nitrogens is 1. The summed E-state index contributed by atoms with van der Waals surface area (Å²) in [6.07, 6.45) is 3.04. The normalized spacial score (nSPS) is 17.2. The highest BCUT2D eigenvalue weighted by atomic mass is 19.1. The molecule has 1 saturated heterocycles. The molecule has 2 heterocycles. The van der Waals surface area contributed by atoms with Gasteiger partial charge in [-0.25, -0.2) is 4.39 Å². The van der Waals surface area contributed by atoms with Crippen molar-refractivity contribution in [1.82, 2.24) is 9.88 Å². The Morgan fingerprint density at radius 2 is 2.06 bits per heavy atom. The van der Waals surface area contributed by atoms with Crippen LogP contribution in [0.2, 0.25) is 0 Å². The summed E-state index contributed by atoms with van der Waals surface area (Å²) in [6, 6.07) is 13.9. The van der Waals surface area contributed by atoms with Gasteiger partial charge < -0.3 is 9.72 Å². The molecule has 1 atom stereocenters. The molecule has 1 aromatic heterocycles. The maximum atomic E-state index is 14.8. The number of aromatic nitrogens is 1. The van der Waals surface area contributed by atoms with Gasteiger partial charge in [0, 0.05) is 41.7 Å². The summed E-state index contributed by atoms with van der Waals surface area (Å²) < 4.78 is 19.5. The fourth-order valence-electron chi connectivity index (χ4n) is 4.98. The van der Waals surface area contributed by atoms with Crippen LogP contribution in [0.3, 0.4) is 0 Å². The van der Waals surface area contributed by atoms with Gasteiger partial charge in [0.25, 0.3) is 0 Å². The zero-order valence-electron chi connectivity index (χ0n) is 19.3. The fourth-order valence-corrected chi connectivity index (χ4v) is 4.98. The largest absolute Gasteiger partial charge is 0.469 e. The number of piperidine rings is 1. The Bertz CT molecular complexity index is 1090. The van der Waals surface area contributed by atoms with E-state index in [4.69, 9.17) is 0 Å². The van der Waals surface area contributed by atoms with Crippen LogP contribution in [0.4, 0.5) is 4.39 Å². The number of ether oxygens (including phenoxy) is 1. The number of aryl methyl sites for hydroxylation is 1. The van der Waals surface area contributed by atoms with Crippen molar-refractivity contribution in [1.29, 1.82) is 0 Å². The fraction of sp³-hybridized carbons (Fsp3) is 0.444. The zero-order chi connectivity index (χ0) is 22.7. The molecule has 32 heavy (non-hydrogen) atoms. The summed E-state index contributed by atoms with van der Waals surface area (Å²) in [7, 11) is 1.37. The van der Waals surface area contributed by atoms with Crippen molar-refractivity contribution in [2.75, 3.05) is 20.2 Å². The molecule has 1 aliphatic rings. The first-order valence-electron chi connectivity index (χ1n) is 11.6. The van der Waals surface area contributed by atoms with E-state index >= 15 is 0 Å². The highest BCUT2D eigenvalue weighted by Gasteiger charge is 2.27. The number of methoxy groups -OCH3 is 1. The highest BCUT2D eigenvalue weighted by molar-refractivity contribution is 5.85. The van der Waals surface area contributed by atoms with Crippen LogP contribution in [-0.2, 0) is 22.5 Å². The number of hydrogen-bond donors (Lipinski definition) is 1. The number of carbonyl (C=O) groups excluding carboxylic acids is 1. The molecule has 1 aliphatic heterocycles. The minimum absolute atomic E-state index is 0.190. The van der Waals surface area contributed by atoms with Crippen LogP contribution in [0.25, 0.3) is 10.9 Å². The Hall–Kier alpha value is -2.66. The summed E-state index contributed by atoms with van der Waals surface area (Å²) in [5, 5.41) is 1.32. The molecule has 1 N–H and O–H groups in total. The number of halogens is 1. The lowest BCUT2D eigenvalue weighted by molar-refractivity contribution is -0.140. The standard InChI is InChI=1S/C27H33FN2O2/c1-18(2)27-26(22-8-4-5-9-24(22)29-27)21-7-6-14-30(17-21)16-20-12-10-19(15-23(20)28)11-13-25(31)32-3/h4-5,8-10,12,15,18,21,29H,6-7,11,13-14,16-17H2,1-3H3. The Labute approximate surface area is 189 Å². The molecule has 1 fully saturated rings. The molecule has 1 unspecified atom stereocenters. The van der Waals surface area contributed by atoms with Gasteiger partial charge in [0.15, 0.2) is 0 Å². The van der Waals surface area contributed by atoms with Crippen molar-refractivity contribution in [3.8, 4) is 0 Å². The van der Waals surface area contributed by atoms with E-state index in [0.29, 0.717) is 24.8 Å². The molecule has 0 bridgehead atoms. The number of hydrogen-bond acceptors (Lipinski definition) is 3. The third-order valence-electron chi connectivity index (χ3n) is 6.62. The third kappa shape index (κ3) is 4.88. The third-order valence-corrected chi connectivity index (χ3v) is 6.62. The Morgan fingerprint density at radius 1 is 1.25 bits per heavy atom. The van der Waals surface area contributed by atoms with Crippen LogP contribution in [0.5, 0.6) is 0 Å². The molecule has 0 spiro atoms. The van der Waals surface area contributed by atoms with Gasteiger partial charge >= 0.3 is 5.97 Å². The predicted octanol–water partition coefficient (Wildman–Crippen LogP) is 5.92. The number of nitrogens with zero attached hydrogens (tertiary/aromatic N) is 1. The summed E-state index contributed by atoms with van der Waals surface area (Å²) in [5.41, 5.74) is 5.53. The van der Waals surface area contributed by atoms with E-state index in [1.54, 1.807) is 6.07 Å². The second-order valence-corrected chi connectivity index (χ2v) is 9.23. The van der Waals surface area contributed by atoms with E-state index < -0.39 is 0 Å². The number of nitrogens with one attached hydrogen (secondary N) is 1. The van der Waals surface area contributed by atoms with E-state index in [-0.39, 0.29) is 18.2 Å². The van der Waals surface area contributed by atoms with Crippen molar-refractivity contribution >= 4 is 16.9 Å². The van der Waals surface area contributed by atoms with E-state index in [1.807, 2.05) is 12.1 Å². The van der Waals surface area contributed by atoms with Crippen LogP contribution in [0, 0.1) is 5.82 Å². The van der Waals surface area contributed by atoms with E-state index in [0.717, 1.165) is 37.1 Å². The van der Waals surface area contributed by atoms with Crippen LogP contribution < -0.4 is 0 Å². The molecule has 3 aromatic rings. The van der Waals surface area contributed by atoms with Gasteiger partial charge in [-0.1, -0.05) is 44.2 Å². The molecule has 4 nitrogen and oxygen atoms in total. The van der Waals surface area contributed by atoms with Crippen LogP contribution in [-0.4, -0.2) is 36.1 Å². The van der Waals surface area contributed by atoms with Crippen LogP contribution in [0.15, 0.2) is 42.5 Å². The topological polar surface area (TPSA) is 45.3 Å². The van der Waals surface area contributed by atoms with Crippen LogP contribution >= 0.6 is 0 Å². The van der Waals surface area contributed by atoms with Crippen molar-refractivity contribution in [2.45, 2.75) is 57.9 Å². The Morgan fingerprint density at radius 3 is 2.81 bits per heavy atom. The van der Waals surface area contributed by atoms with Gasteiger partial charge in [-0.2, -0.15) is 0 Å². The van der Waals surface area contributed by atoms with E-state index in [1.165, 1.54) is 29.3 Å². The van der Waals surface area contributed by atoms with Gasteiger partial charge in [-0.15, -0.1) is 0 Å². The summed E-state index contributed by atoms with van der Waals surface area (Å²) >= 11 is 0. The molecule has 5 heteroatoms. The molecule has 0 saturated carbocycles. The lowest BCUT2D eigenvalue weighted by Crippen LogP contribution is -2.34. The minimum atomic E-state index is -0.271. The molecular weight excluding hydrogens is 403 g/mol. The van der Waals surface area contributed by atoms with Crippen molar-refractivity contribution in [3.63, 3.8) is 0 Å². The van der Waals surface area contributed by atoms with Gasteiger partial charge in [-0.3, -0.25) is 9.69 Å². The quantitative estimate of drug-likeness (QED) is 0.468. The molecule has 2 aromatic carbocycles.